The van der Waals surface area contributed by atoms with Gasteiger partial charge in [0.1, 0.15) is 11.5 Å². The number of nitrogens with zero attached hydrogens (tertiary/aromatic N) is 2. The van der Waals surface area contributed by atoms with Crippen molar-refractivity contribution in [3.63, 3.8) is 0 Å². The Bertz CT molecular complexity index is 1350. The second-order valence-corrected chi connectivity index (χ2v) is 7.94. The number of carboxylic acids is 1. The second-order valence-electron chi connectivity index (χ2n) is 7.51. The van der Waals surface area contributed by atoms with Crippen molar-refractivity contribution in [3.8, 4) is 22.7 Å². The number of benzene rings is 3. The van der Waals surface area contributed by atoms with E-state index in [2.05, 4.69) is 10.4 Å². The van der Waals surface area contributed by atoms with Gasteiger partial charge in [0, 0.05) is 11.1 Å². The fraction of sp³-hybridized carbons (Fsp3) is 0.0800. The zero-order valence-corrected chi connectivity index (χ0v) is 18.4. The number of aliphatic carboxylic acids is 1. The van der Waals surface area contributed by atoms with Crippen LogP contribution in [0.5, 0.6) is 5.88 Å². The predicted molar refractivity (Wildman–Crippen MR) is 125 cm³/mol. The summed E-state index contributed by atoms with van der Waals surface area (Å²) < 4.78 is 15.0. The number of aromatic hydroxyl groups is 1. The molecule has 172 valence electrons. The molecule has 0 saturated heterocycles. The maximum Gasteiger partial charge on any atom is 0.305 e. The van der Waals surface area contributed by atoms with Gasteiger partial charge in [-0.15, -0.1) is 0 Å². The minimum Gasteiger partial charge on any atom is -0.493 e. The third kappa shape index (κ3) is 5.07. The molecule has 0 aliphatic rings. The van der Waals surface area contributed by atoms with Crippen LogP contribution < -0.4 is 5.32 Å². The third-order valence-corrected chi connectivity index (χ3v) is 5.39. The summed E-state index contributed by atoms with van der Waals surface area (Å²) in [7, 11) is 0. The maximum atomic E-state index is 14.1. The number of hydrogen-bond donors (Lipinski definition) is 3. The molecule has 1 unspecified atom stereocenters. The van der Waals surface area contributed by atoms with Crippen molar-refractivity contribution < 1.29 is 24.2 Å². The Balaban J connectivity index is 1.57. The topological polar surface area (TPSA) is 104 Å². The molecule has 3 aromatic carbocycles. The van der Waals surface area contributed by atoms with E-state index in [1.165, 1.54) is 18.2 Å². The summed E-state index contributed by atoms with van der Waals surface area (Å²) in [5.74, 6) is -2.88. The van der Waals surface area contributed by atoms with Crippen molar-refractivity contribution in [2.45, 2.75) is 12.5 Å². The lowest BCUT2D eigenvalue weighted by Crippen LogP contribution is -2.30. The zero-order chi connectivity index (χ0) is 24.2. The molecule has 0 radical (unpaired) electrons. The highest BCUT2D eigenvalue weighted by molar-refractivity contribution is 6.30. The summed E-state index contributed by atoms with van der Waals surface area (Å²) in [4.78, 5) is 24.3. The van der Waals surface area contributed by atoms with Crippen molar-refractivity contribution in [1.82, 2.24) is 15.1 Å². The Kier molecular flexibility index (Phi) is 6.60. The molecule has 4 aromatic rings. The molecule has 1 atom stereocenters. The van der Waals surface area contributed by atoms with Crippen molar-refractivity contribution in [1.29, 1.82) is 0 Å². The summed E-state index contributed by atoms with van der Waals surface area (Å²) in [5, 5.41) is 26.7. The van der Waals surface area contributed by atoms with Crippen LogP contribution in [0, 0.1) is 5.82 Å². The molecule has 34 heavy (non-hydrogen) atoms. The van der Waals surface area contributed by atoms with E-state index in [9.17, 15) is 24.2 Å². The van der Waals surface area contributed by atoms with Crippen LogP contribution >= 0.6 is 11.6 Å². The van der Waals surface area contributed by atoms with Gasteiger partial charge in [-0.2, -0.15) is 9.78 Å². The van der Waals surface area contributed by atoms with Crippen LogP contribution in [0.2, 0.25) is 5.02 Å². The molecule has 0 saturated carbocycles. The van der Waals surface area contributed by atoms with E-state index in [-0.39, 0.29) is 17.8 Å². The summed E-state index contributed by atoms with van der Waals surface area (Å²) in [6.45, 7) is 0. The van der Waals surface area contributed by atoms with Crippen LogP contribution in [0.1, 0.15) is 28.5 Å². The van der Waals surface area contributed by atoms with E-state index in [4.69, 9.17) is 11.6 Å². The van der Waals surface area contributed by atoms with Crippen molar-refractivity contribution in [3.05, 3.63) is 101 Å². The Labute approximate surface area is 199 Å². The molecule has 0 spiro atoms. The molecule has 4 rings (SSSR count). The molecule has 0 aliphatic heterocycles. The van der Waals surface area contributed by atoms with Gasteiger partial charge in [0.15, 0.2) is 5.69 Å². The van der Waals surface area contributed by atoms with E-state index < -0.39 is 29.6 Å². The Morgan fingerprint density at radius 1 is 1.00 bits per heavy atom. The SMILES string of the molecule is O=C(O)CC(NC(=O)c1cc(O)n(-c2ccccc2F)n1)c1ccc(-c2cccc(Cl)c2)cc1. The smallest absolute Gasteiger partial charge is 0.305 e. The van der Waals surface area contributed by atoms with E-state index in [1.807, 2.05) is 18.2 Å². The number of nitrogens with one attached hydrogen (secondary N) is 1. The zero-order valence-electron chi connectivity index (χ0n) is 17.7. The van der Waals surface area contributed by atoms with Crippen LogP contribution in [0.4, 0.5) is 4.39 Å². The Morgan fingerprint density at radius 2 is 1.74 bits per heavy atom. The van der Waals surface area contributed by atoms with Gasteiger partial charge in [0.2, 0.25) is 5.88 Å². The van der Waals surface area contributed by atoms with Gasteiger partial charge in [-0.05, 0) is 41.0 Å². The highest BCUT2D eigenvalue weighted by atomic mass is 35.5. The first-order valence-corrected chi connectivity index (χ1v) is 10.6. The number of para-hydroxylation sites is 1. The number of carbonyl (C=O) groups is 2. The Morgan fingerprint density at radius 3 is 2.41 bits per heavy atom. The van der Waals surface area contributed by atoms with Crippen molar-refractivity contribution in [2.24, 2.45) is 0 Å². The first-order chi connectivity index (χ1) is 16.3. The van der Waals surface area contributed by atoms with E-state index in [0.717, 1.165) is 21.9 Å². The van der Waals surface area contributed by atoms with Crippen molar-refractivity contribution >= 4 is 23.5 Å². The molecule has 7 nitrogen and oxygen atoms in total. The van der Waals surface area contributed by atoms with Crippen LogP contribution in [-0.4, -0.2) is 31.9 Å². The lowest BCUT2D eigenvalue weighted by atomic mass is 9.99. The fourth-order valence-corrected chi connectivity index (χ4v) is 3.71. The van der Waals surface area contributed by atoms with E-state index in [0.29, 0.717) is 10.6 Å². The largest absolute Gasteiger partial charge is 0.493 e. The standard InChI is InChI=1S/C25H19ClFN3O4/c26-18-5-3-4-17(12-18)15-8-10-16(11-9-15)20(14-24(32)33)28-25(34)21-13-23(31)30(29-21)22-7-2-1-6-19(22)27/h1-13,20,31H,14H2,(H,28,34)(H,32,33). The summed E-state index contributed by atoms with van der Waals surface area (Å²) >= 11 is 6.05. The monoisotopic (exact) mass is 479 g/mol. The number of carbonyl (C=O) groups excluding carboxylic acids is 1. The van der Waals surface area contributed by atoms with Gasteiger partial charge in [0.05, 0.1) is 12.5 Å². The molecular formula is C25H19ClFN3O4. The normalized spacial score (nSPS) is 11.7. The highest BCUT2D eigenvalue weighted by Crippen LogP contribution is 2.26. The highest BCUT2D eigenvalue weighted by Gasteiger charge is 2.22. The molecule has 3 N–H and O–H groups in total. The predicted octanol–water partition coefficient (Wildman–Crippen LogP) is 4.98. The quantitative estimate of drug-likeness (QED) is 0.346. The van der Waals surface area contributed by atoms with Gasteiger partial charge < -0.3 is 15.5 Å². The molecule has 0 fully saturated rings. The van der Waals surface area contributed by atoms with Crippen LogP contribution in [-0.2, 0) is 4.79 Å². The molecule has 9 heteroatoms. The van der Waals surface area contributed by atoms with Gasteiger partial charge in [0.25, 0.3) is 5.91 Å². The summed E-state index contributed by atoms with van der Waals surface area (Å²) in [6.07, 6.45) is -0.373. The number of rotatable bonds is 7. The van der Waals surface area contributed by atoms with E-state index >= 15 is 0 Å². The lowest BCUT2D eigenvalue weighted by Gasteiger charge is -2.17. The third-order valence-electron chi connectivity index (χ3n) is 5.16. The van der Waals surface area contributed by atoms with Gasteiger partial charge >= 0.3 is 5.97 Å². The number of amides is 1. The first kappa shape index (κ1) is 23.0. The minimum atomic E-state index is -1.11. The van der Waals surface area contributed by atoms with Gasteiger partial charge in [-0.25, -0.2) is 4.39 Å². The summed E-state index contributed by atoms with van der Waals surface area (Å²) in [5.41, 5.74) is 2.12. The number of aromatic nitrogens is 2. The first-order valence-electron chi connectivity index (χ1n) is 10.2. The van der Waals surface area contributed by atoms with Crippen LogP contribution in [0.15, 0.2) is 78.9 Å². The Hall–Kier alpha value is -4.17. The van der Waals surface area contributed by atoms with Crippen LogP contribution in [0.3, 0.4) is 0 Å². The van der Waals surface area contributed by atoms with Gasteiger partial charge in [-0.1, -0.05) is 60.1 Å². The molecule has 1 amide bonds. The number of halogens is 2. The molecule has 0 aliphatic carbocycles. The fourth-order valence-electron chi connectivity index (χ4n) is 3.52. The average molecular weight is 480 g/mol. The van der Waals surface area contributed by atoms with E-state index in [1.54, 1.807) is 36.4 Å². The molecule has 1 aromatic heterocycles. The van der Waals surface area contributed by atoms with Gasteiger partial charge in [-0.3, -0.25) is 9.59 Å². The molecule has 1 heterocycles. The number of carboxylic acid groups (broad SMARTS) is 1. The second kappa shape index (κ2) is 9.76. The average Bonchev–Trinajstić information content (AvgIpc) is 3.20. The minimum absolute atomic E-state index is 0.0299. The lowest BCUT2D eigenvalue weighted by molar-refractivity contribution is -0.137. The van der Waals surface area contributed by atoms with Crippen molar-refractivity contribution in [2.75, 3.05) is 0 Å². The molecular weight excluding hydrogens is 461 g/mol. The summed E-state index contributed by atoms with van der Waals surface area (Å²) in [6, 6.07) is 20.2. The molecule has 0 bridgehead atoms. The van der Waals surface area contributed by atoms with Crippen LogP contribution in [0.25, 0.3) is 16.8 Å². The maximum absolute atomic E-state index is 14.1. The number of hydrogen-bond acceptors (Lipinski definition) is 4.